The van der Waals surface area contributed by atoms with E-state index in [-0.39, 0.29) is 0 Å². The van der Waals surface area contributed by atoms with Crippen molar-refractivity contribution in [3.63, 3.8) is 0 Å². The highest BCUT2D eigenvalue weighted by Crippen LogP contribution is 2.46. The Morgan fingerprint density at radius 1 is 0.367 bits per heavy atom. The Bertz CT molecular complexity index is 2910. The van der Waals surface area contributed by atoms with Crippen LogP contribution in [0.3, 0.4) is 0 Å². The van der Waals surface area contributed by atoms with E-state index >= 15 is 0 Å². The molecule has 0 heterocycles. The minimum atomic E-state index is 0.494. The van der Waals surface area contributed by atoms with Crippen LogP contribution in [-0.2, 0) is 0 Å². The van der Waals surface area contributed by atoms with Gasteiger partial charge in [0, 0.05) is 23.1 Å². The first-order valence-electron chi connectivity index (χ1n) is 21.6. The molecular formula is C58H50N2. The van der Waals surface area contributed by atoms with Crippen LogP contribution in [-0.4, -0.2) is 6.04 Å². The third kappa shape index (κ3) is 7.46. The topological polar surface area (TPSA) is 24.1 Å². The van der Waals surface area contributed by atoms with Crippen molar-refractivity contribution in [2.45, 2.75) is 51.5 Å². The summed E-state index contributed by atoms with van der Waals surface area (Å²) < 4.78 is 0. The smallest absolute Gasteiger partial charge is 0.0384 e. The van der Waals surface area contributed by atoms with Crippen LogP contribution in [0.15, 0.2) is 194 Å². The second-order valence-corrected chi connectivity index (χ2v) is 16.6. The number of hydrogen-bond donors (Lipinski definition) is 2. The maximum atomic E-state index is 3.87. The molecule has 10 rings (SSSR count). The lowest BCUT2D eigenvalue weighted by Gasteiger charge is -2.31. The number of hydrogen-bond acceptors (Lipinski definition) is 2. The van der Waals surface area contributed by atoms with E-state index < -0.39 is 0 Å². The molecule has 1 aliphatic carbocycles. The van der Waals surface area contributed by atoms with Crippen LogP contribution in [0.5, 0.6) is 0 Å². The van der Waals surface area contributed by atoms with Gasteiger partial charge < -0.3 is 10.6 Å². The number of anilines is 3. The molecule has 2 N–H and O–H groups in total. The summed E-state index contributed by atoms with van der Waals surface area (Å²) in [5.74, 6) is 0.549. The lowest BCUT2D eigenvalue weighted by molar-refractivity contribution is 0.414. The van der Waals surface area contributed by atoms with Gasteiger partial charge in [0.25, 0.3) is 0 Å². The van der Waals surface area contributed by atoms with Crippen LogP contribution in [0.2, 0.25) is 0 Å². The molecule has 2 heteroatoms. The van der Waals surface area contributed by atoms with Crippen molar-refractivity contribution < 1.29 is 0 Å². The van der Waals surface area contributed by atoms with Crippen molar-refractivity contribution >= 4 is 38.6 Å². The van der Waals surface area contributed by atoms with E-state index in [9.17, 15) is 0 Å². The maximum absolute atomic E-state index is 3.87. The molecule has 0 aromatic heterocycles. The predicted octanol–water partition coefficient (Wildman–Crippen LogP) is 16.2. The first kappa shape index (κ1) is 37.4. The first-order valence-corrected chi connectivity index (χ1v) is 21.6. The molecule has 1 fully saturated rings. The summed E-state index contributed by atoms with van der Waals surface area (Å²) in [5.41, 5.74) is 17.7. The zero-order chi connectivity index (χ0) is 40.4. The Labute approximate surface area is 354 Å². The third-order valence-corrected chi connectivity index (χ3v) is 12.8. The highest BCUT2D eigenvalue weighted by molar-refractivity contribution is 6.12. The maximum Gasteiger partial charge on any atom is 0.0384 e. The van der Waals surface area contributed by atoms with E-state index in [4.69, 9.17) is 0 Å². The second-order valence-electron chi connectivity index (χ2n) is 16.6. The summed E-state index contributed by atoms with van der Waals surface area (Å²) in [4.78, 5) is 0. The number of nitrogens with one attached hydrogen (secondary N) is 2. The molecule has 0 bridgehead atoms. The lowest BCUT2D eigenvalue weighted by Crippen LogP contribution is -2.25. The number of benzene rings is 9. The zero-order valence-electron chi connectivity index (χ0n) is 34.5. The summed E-state index contributed by atoms with van der Waals surface area (Å²) >= 11 is 0. The monoisotopic (exact) mass is 774 g/mol. The highest BCUT2D eigenvalue weighted by atomic mass is 14.9. The van der Waals surface area contributed by atoms with Gasteiger partial charge in [-0.15, -0.1) is 0 Å². The zero-order valence-corrected chi connectivity index (χ0v) is 34.5. The summed E-state index contributed by atoms with van der Waals surface area (Å²) in [5, 5.41) is 12.8. The fourth-order valence-electron chi connectivity index (χ4n) is 9.75. The molecule has 0 radical (unpaired) electrons. The van der Waals surface area contributed by atoms with Gasteiger partial charge in [0.1, 0.15) is 0 Å². The molecule has 60 heavy (non-hydrogen) atoms. The predicted molar refractivity (Wildman–Crippen MR) is 257 cm³/mol. The molecule has 0 saturated heterocycles. The average Bonchev–Trinajstić information content (AvgIpc) is 3.31. The summed E-state index contributed by atoms with van der Waals surface area (Å²) in [6, 6.07) is 71.3. The minimum absolute atomic E-state index is 0.494. The highest BCUT2D eigenvalue weighted by Gasteiger charge is 2.26. The van der Waals surface area contributed by atoms with Crippen molar-refractivity contribution in [3.8, 4) is 44.5 Å². The molecule has 9 aromatic rings. The summed E-state index contributed by atoms with van der Waals surface area (Å²) in [6.45, 7) is 4.63. The van der Waals surface area contributed by atoms with Gasteiger partial charge in [0.05, 0.1) is 0 Å². The van der Waals surface area contributed by atoms with Crippen LogP contribution in [0, 0.1) is 13.8 Å². The van der Waals surface area contributed by atoms with Crippen LogP contribution >= 0.6 is 0 Å². The number of rotatable bonds is 9. The van der Waals surface area contributed by atoms with E-state index in [1.807, 2.05) is 0 Å². The van der Waals surface area contributed by atoms with Gasteiger partial charge in [-0.2, -0.15) is 0 Å². The molecule has 0 spiro atoms. The second kappa shape index (κ2) is 16.4. The average molecular weight is 775 g/mol. The van der Waals surface area contributed by atoms with Crippen LogP contribution < -0.4 is 10.6 Å². The van der Waals surface area contributed by atoms with Crippen molar-refractivity contribution in [2.75, 3.05) is 10.6 Å². The van der Waals surface area contributed by atoms with Gasteiger partial charge in [0.2, 0.25) is 0 Å². The van der Waals surface area contributed by atoms with Crippen molar-refractivity contribution in [2.24, 2.45) is 0 Å². The van der Waals surface area contributed by atoms with Crippen molar-refractivity contribution in [1.29, 1.82) is 0 Å². The third-order valence-electron chi connectivity index (χ3n) is 12.8. The van der Waals surface area contributed by atoms with Crippen LogP contribution in [0.4, 0.5) is 17.1 Å². The van der Waals surface area contributed by atoms with Gasteiger partial charge in [-0.1, -0.05) is 158 Å². The standard InChI is InChI=1S/C58H50N2/c1-39-37-55(45-25-33-49(34-26-45)59-47-29-21-43(22-30-47)41-13-5-3-6-14-41)51-17-9-11-19-53(51)57(39)58-40(2)38-56(52-18-10-12-20-54(52)58)46-27-35-50(36-28-46)60-48-31-23-44(24-32-48)42-15-7-4-8-16-42/h3-26,29-34,37-38,46,50,59-60H,27-28,35-36H2,1-2H3. The molecule has 9 aromatic carbocycles. The molecule has 292 valence electrons. The molecular weight excluding hydrogens is 725 g/mol. The summed E-state index contributed by atoms with van der Waals surface area (Å²) in [6.07, 6.45) is 4.72. The molecule has 0 atom stereocenters. The normalized spacial score (nSPS) is 15.2. The molecule has 1 saturated carbocycles. The fraction of sp³-hybridized carbons (Fsp3) is 0.138. The Morgan fingerprint density at radius 2 is 0.783 bits per heavy atom. The minimum Gasteiger partial charge on any atom is -0.382 e. The SMILES string of the molecule is Cc1cc(-c2ccc(Nc3ccc(-c4ccccc4)cc3)cc2)c2ccccc2c1-c1c(C)cc(C2CCC(Nc3ccc(-c4ccccc4)cc3)CC2)c2ccccc12. The Hall–Kier alpha value is -6.90. The van der Waals surface area contributed by atoms with Crippen LogP contribution in [0.1, 0.15) is 48.3 Å². The van der Waals surface area contributed by atoms with Gasteiger partial charge in [-0.05, 0) is 165 Å². The van der Waals surface area contributed by atoms with Crippen molar-refractivity contribution in [3.05, 3.63) is 211 Å². The van der Waals surface area contributed by atoms with E-state index in [0.29, 0.717) is 12.0 Å². The molecule has 0 amide bonds. The van der Waals surface area contributed by atoms with E-state index in [2.05, 4.69) is 219 Å². The molecule has 1 aliphatic rings. The number of fused-ring (bicyclic) bond motifs is 2. The Kier molecular flexibility index (Phi) is 10.2. The van der Waals surface area contributed by atoms with Gasteiger partial charge in [-0.3, -0.25) is 0 Å². The van der Waals surface area contributed by atoms with E-state index in [1.165, 1.54) is 114 Å². The van der Waals surface area contributed by atoms with Crippen LogP contribution in [0.25, 0.3) is 66.1 Å². The van der Waals surface area contributed by atoms with Gasteiger partial charge in [0.15, 0.2) is 0 Å². The summed E-state index contributed by atoms with van der Waals surface area (Å²) in [7, 11) is 0. The largest absolute Gasteiger partial charge is 0.382 e. The number of aryl methyl sites for hydroxylation is 2. The van der Waals surface area contributed by atoms with E-state index in [1.54, 1.807) is 0 Å². The Morgan fingerprint density at radius 3 is 1.33 bits per heavy atom. The molecule has 0 unspecified atom stereocenters. The fourth-order valence-corrected chi connectivity index (χ4v) is 9.75. The van der Waals surface area contributed by atoms with Gasteiger partial charge in [-0.25, -0.2) is 0 Å². The molecule has 2 nitrogen and oxygen atoms in total. The first-order chi connectivity index (χ1) is 29.6. The molecule has 0 aliphatic heterocycles. The van der Waals surface area contributed by atoms with Gasteiger partial charge >= 0.3 is 0 Å². The Balaban J connectivity index is 0.898. The lowest BCUT2D eigenvalue weighted by atomic mass is 9.77. The van der Waals surface area contributed by atoms with E-state index in [0.717, 1.165) is 11.4 Å². The van der Waals surface area contributed by atoms with Crippen molar-refractivity contribution in [1.82, 2.24) is 0 Å². The quantitative estimate of drug-likeness (QED) is 0.153.